The summed E-state index contributed by atoms with van der Waals surface area (Å²) in [5.74, 6) is 4.08. The van der Waals surface area contributed by atoms with Crippen LogP contribution in [0.25, 0.3) is 0 Å². The summed E-state index contributed by atoms with van der Waals surface area (Å²) in [5.41, 5.74) is 2.19. The first kappa shape index (κ1) is 28.5. The smallest absolute Gasteiger partial charge is 0.203 e. The van der Waals surface area contributed by atoms with Crippen LogP contribution in [-0.4, -0.2) is 54.6 Å². The summed E-state index contributed by atoms with van der Waals surface area (Å²) in [6, 6.07) is 9.90. The second kappa shape index (κ2) is 15.3. The predicted molar refractivity (Wildman–Crippen MR) is 142 cm³/mol. The maximum atomic E-state index is 5.66. The minimum atomic E-state index is 0. The van der Waals surface area contributed by atoms with Gasteiger partial charge in [0.1, 0.15) is 0 Å². The quantitative estimate of drug-likeness (QED) is 0.172. The largest absolute Gasteiger partial charge is 0.493 e. The summed E-state index contributed by atoms with van der Waals surface area (Å²) in [5, 5.41) is 6.66. The Balaban J connectivity index is 0.00000544. The van der Waals surface area contributed by atoms with E-state index in [-0.39, 0.29) is 24.0 Å². The minimum absolute atomic E-state index is 0. The highest BCUT2D eigenvalue weighted by Gasteiger charge is 2.13. The fourth-order valence-electron chi connectivity index (χ4n) is 3.29. The molecule has 9 heteroatoms. The van der Waals surface area contributed by atoms with Gasteiger partial charge < -0.3 is 34.3 Å². The summed E-state index contributed by atoms with van der Waals surface area (Å²) in [7, 11) is 8.21. The Kier molecular flexibility index (Phi) is 13.2. The number of halogens is 1. The van der Waals surface area contributed by atoms with Gasteiger partial charge in [0.05, 0.1) is 35.0 Å². The number of rotatable bonds is 12. The Morgan fingerprint density at radius 1 is 0.818 bits per heavy atom. The molecule has 0 fully saturated rings. The summed E-state index contributed by atoms with van der Waals surface area (Å²) in [6.45, 7) is 3.92. The lowest BCUT2D eigenvalue weighted by Crippen LogP contribution is -2.37. The van der Waals surface area contributed by atoms with Crippen LogP contribution in [0.4, 0.5) is 0 Å². The molecule has 0 aliphatic heterocycles. The lowest BCUT2D eigenvalue weighted by Gasteiger charge is -2.16. The third-order valence-corrected chi connectivity index (χ3v) is 4.87. The van der Waals surface area contributed by atoms with Crippen molar-refractivity contribution >= 4 is 29.9 Å². The molecule has 0 aliphatic carbocycles. The Hall–Kier alpha value is -2.56. The topological polar surface area (TPSA) is 82.6 Å². The van der Waals surface area contributed by atoms with Crippen LogP contribution in [0.2, 0.25) is 0 Å². The first-order valence-electron chi connectivity index (χ1n) is 10.6. The highest BCUT2D eigenvalue weighted by Crippen LogP contribution is 2.38. The molecule has 33 heavy (non-hydrogen) atoms. The maximum Gasteiger partial charge on any atom is 0.203 e. The van der Waals surface area contributed by atoms with Gasteiger partial charge in [0.25, 0.3) is 0 Å². The van der Waals surface area contributed by atoms with E-state index in [9.17, 15) is 0 Å². The SMILES string of the molecule is CCOc1cc(CCCNC(=NC)NCc2cc(OC)c(OC)c(OC)c2)ccc1OC.I. The number of ether oxygens (including phenoxy) is 5. The number of hydrogen-bond donors (Lipinski definition) is 2. The van der Waals surface area contributed by atoms with E-state index in [0.29, 0.717) is 30.4 Å². The lowest BCUT2D eigenvalue weighted by molar-refractivity contribution is 0.310. The highest BCUT2D eigenvalue weighted by atomic mass is 127. The number of nitrogens with zero attached hydrogens (tertiary/aromatic N) is 1. The molecular weight excluding hydrogens is 537 g/mol. The highest BCUT2D eigenvalue weighted by molar-refractivity contribution is 14.0. The zero-order chi connectivity index (χ0) is 23.3. The van der Waals surface area contributed by atoms with Crippen LogP contribution in [0.1, 0.15) is 24.5 Å². The molecule has 0 aliphatic rings. The van der Waals surface area contributed by atoms with Crippen LogP contribution >= 0.6 is 24.0 Å². The van der Waals surface area contributed by atoms with Gasteiger partial charge >= 0.3 is 0 Å². The average molecular weight is 573 g/mol. The Morgan fingerprint density at radius 2 is 1.45 bits per heavy atom. The third kappa shape index (κ3) is 8.38. The van der Waals surface area contributed by atoms with E-state index in [2.05, 4.69) is 21.7 Å². The van der Waals surface area contributed by atoms with Crippen molar-refractivity contribution in [3.63, 3.8) is 0 Å². The van der Waals surface area contributed by atoms with Gasteiger partial charge in [-0.25, -0.2) is 0 Å². The van der Waals surface area contributed by atoms with Crippen molar-refractivity contribution in [2.75, 3.05) is 48.6 Å². The zero-order valence-corrected chi connectivity index (χ0v) is 22.6. The molecule has 0 saturated heterocycles. The molecule has 0 bridgehead atoms. The number of benzene rings is 2. The Bertz CT molecular complexity index is 867. The molecule has 2 rings (SSSR count). The maximum absolute atomic E-state index is 5.66. The first-order chi connectivity index (χ1) is 15.6. The van der Waals surface area contributed by atoms with Gasteiger partial charge in [0, 0.05) is 20.1 Å². The van der Waals surface area contributed by atoms with E-state index in [1.807, 2.05) is 31.2 Å². The van der Waals surface area contributed by atoms with Crippen LogP contribution in [-0.2, 0) is 13.0 Å². The van der Waals surface area contributed by atoms with Gasteiger partial charge in [-0.3, -0.25) is 4.99 Å². The molecule has 0 unspecified atom stereocenters. The molecule has 0 spiro atoms. The molecular formula is C24H36IN3O5. The van der Waals surface area contributed by atoms with Crippen molar-refractivity contribution in [2.24, 2.45) is 4.99 Å². The van der Waals surface area contributed by atoms with Gasteiger partial charge in [-0.2, -0.15) is 0 Å². The molecule has 0 radical (unpaired) electrons. The average Bonchev–Trinajstić information content (AvgIpc) is 2.83. The molecule has 0 aromatic heterocycles. The summed E-state index contributed by atoms with van der Waals surface area (Å²) in [4.78, 5) is 4.30. The molecule has 2 aromatic carbocycles. The van der Waals surface area contributed by atoms with Gasteiger partial charge in [-0.15, -0.1) is 24.0 Å². The molecule has 184 valence electrons. The number of guanidine groups is 1. The van der Waals surface area contributed by atoms with Gasteiger partial charge in [-0.1, -0.05) is 6.07 Å². The van der Waals surface area contributed by atoms with Gasteiger partial charge in [-0.05, 0) is 55.2 Å². The van der Waals surface area contributed by atoms with E-state index in [1.54, 1.807) is 35.5 Å². The molecule has 2 N–H and O–H groups in total. The van der Waals surface area contributed by atoms with Crippen molar-refractivity contribution in [1.82, 2.24) is 10.6 Å². The number of nitrogens with one attached hydrogen (secondary N) is 2. The van der Waals surface area contributed by atoms with Crippen LogP contribution < -0.4 is 34.3 Å². The minimum Gasteiger partial charge on any atom is -0.493 e. The van der Waals surface area contributed by atoms with Crippen LogP contribution in [0.5, 0.6) is 28.7 Å². The Labute approximate surface area is 214 Å². The van der Waals surface area contributed by atoms with Crippen LogP contribution in [0, 0.1) is 0 Å². The predicted octanol–water partition coefficient (Wildman–Crippen LogP) is 4.04. The Morgan fingerprint density at radius 3 is 2.00 bits per heavy atom. The fraction of sp³-hybridized carbons (Fsp3) is 0.458. The van der Waals surface area contributed by atoms with Crippen molar-refractivity contribution in [3.8, 4) is 28.7 Å². The van der Waals surface area contributed by atoms with E-state index in [0.717, 1.165) is 42.4 Å². The second-order valence-corrected chi connectivity index (χ2v) is 6.91. The molecule has 2 aromatic rings. The van der Waals surface area contributed by atoms with E-state index in [1.165, 1.54) is 5.56 Å². The van der Waals surface area contributed by atoms with Crippen molar-refractivity contribution in [1.29, 1.82) is 0 Å². The molecule has 0 amide bonds. The molecule has 0 heterocycles. The molecule has 0 atom stereocenters. The standard InChI is InChI=1S/C24H35N3O5.HI/c1-7-32-20-13-17(10-11-19(20)28-3)9-8-12-26-24(25-2)27-16-18-14-21(29-4)23(31-6)22(15-18)30-5;/h10-11,13-15H,7-9,12,16H2,1-6H3,(H2,25,26,27);1H. The monoisotopic (exact) mass is 573 g/mol. The first-order valence-corrected chi connectivity index (χ1v) is 10.6. The van der Waals surface area contributed by atoms with Crippen molar-refractivity contribution in [3.05, 3.63) is 41.5 Å². The van der Waals surface area contributed by atoms with E-state index >= 15 is 0 Å². The molecule has 8 nitrogen and oxygen atoms in total. The number of methoxy groups -OCH3 is 4. The van der Waals surface area contributed by atoms with Crippen LogP contribution in [0.15, 0.2) is 35.3 Å². The summed E-state index contributed by atoms with van der Waals surface area (Å²) >= 11 is 0. The summed E-state index contributed by atoms with van der Waals surface area (Å²) < 4.78 is 27.2. The van der Waals surface area contributed by atoms with Gasteiger partial charge in [0.2, 0.25) is 5.75 Å². The summed E-state index contributed by atoms with van der Waals surface area (Å²) in [6.07, 6.45) is 1.86. The van der Waals surface area contributed by atoms with E-state index in [4.69, 9.17) is 23.7 Å². The van der Waals surface area contributed by atoms with Crippen molar-refractivity contribution < 1.29 is 23.7 Å². The second-order valence-electron chi connectivity index (χ2n) is 6.91. The number of hydrogen-bond acceptors (Lipinski definition) is 6. The molecule has 0 saturated carbocycles. The normalized spacial score (nSPS) is 10.7. The number of aliphatic imine (C=N–C) groups is 1. The van der Waals surface area contributed by atoms with Crippen molar-refractivity contribution in [2.45, 2.75) is 26.3 Å². The van der Waals surface area contributed by atoms with Crippen LogP contribution in [0.3, 0.4) is 0 Å². The third-order valence-electron chi connectivity index (χ3n) is 4.87. The lowest BCUT2D eigenvalue weighted by atomic mass is 10.1. The number of aryl methyl sites for hydroxylation is 1. The fourth-order valence-corrected chi connectivity index (χ4v) is 3.29. The zero-order valence-electron chi connectivity index (χ0n) is 20.3. The van der Waals surface area contributed by atoms with E-state index < -0.39 is 0 Å². The van der Waals surface area contributed by atoms with Gasteiger partial charge in [0.15, 0.2) is 29.0 Å².